The monoisotopic (exact) mass is 468 g/mol. The van der Waals surface area contributed by atoms with E-state index in [9.17, 15) is 9.59 Å². The van der Waals surface area contributed by atoms with Gasteiger partial charge in [0.1, 0.15) is 17.3 Å². The quantitative estimate of drug-likeness (QED) is 0.553. The first-order valence-corrected chi connectivity index (χ1v) is 12.4. The predicted molar refractivity (Wildman–Crippen MR) is 135 cm³/mol. The van der Waals surface area contributed by atoms with Gasteiger partial charge in [-0.15, -0.1) is 0 Å². The smallest absolute Gasteiger partial charge is 0.258 e. The van der Waals surface area contributed by atoms with Crippen LogP contribution in [0.15, 0.2) is 70.7 Å². The van der Waals surface area contributed by atoms with Crippen LogP contribution in [-0.4, -0.2) is 28.8 Å². The number of Topliss-reactive ketones (excluding diaryl/α,β-unsaturated/α-hetero) is 1. The van der Waals surface area contributed by atoms with Crippen LogP contribution >= 0.6 is 0 Å². The lowest BCUT2D eigenvalue weighted by Crippen LogP contribution is -2.36. The molecule has 0 bridgehead atoms. The van der Waals surface area contributed by atoms with Crippen molar-refractivity contribution in [1.82, 2.24) is 9.97 Å². The summed E-state index contributed by atoms with van der Waals surface area (Å²) < 4.78 is 6.06. The Bertz CT molecular complexity index is 1360. The van der Waals surface area contributed by atoms with Gasteiger partial charge in [0.05, 0.1) is 5.56 Å². The Morgan fingerprint density at radius 2 is 1.69 bits per heavy atom. The van der Waals surface area contributed by atoms with Crippen molar-refractivity contribution < 1.29 is 9.53 Å². The third-order valence-electron chi connectivity index (χ3n) is 7.07. The summed E-state index contributed by atoms with van der Waals surface area (Å²) in [5.41, 5.74) is 2.71. The van der Waals surface area contributed by atoms with Gasteiger partial charge in [-0.2, -0.15) is 4.98 Å². The van der Waals surface area contributed by atoms with Crippen molar-refractivity contribution in [2.45, 2.75) is 44.4 Å². The average Bonchev–Trinajstić information content (AvgIpc) is 2.89. The molecule has 0 saturated carbocycles. The highest BCUT2D eigenvalue weighted by Crippen LogP contribution is 2.44. The zero-order chi connectivity index (χ0) is 23.8. The Labute approximate surface area is 203 Å². The van der Waals surface area contributed by atoms with E-state index in [4.69, 9.17) is 9.72 Å². The van der Waals surface area contributed by atoms with Crippen molar-refractivity contribution in [3.8, 4) is 11.5 Å². The van der Waals surface area contributed by atoms with E-state index in [1.807, 2.05) is 54.6 Å². The Hall–Kier alpha value is -3.87. The van der Waals surface area contributed by atoms with Crippen molar-refractivity contribution in [2.24, 2.45) is 0 Å². The standard InChI is InChI=1S/C28H28N4O3/c33-22-14-8-13-21-24(22)23(18-9-7-12-20(17-18)35-19-10-3-1-4-11-19)25-26(29-21)30-28(31-27(25)34)32-15-5-2-6-16-32/h1,3-4,7,9-12,17,23H,2,5-6,8,13-16H2,(H2,29,30,31,34). The molecule has 1 unspecified atom stereocenters. The zero-order valence-corrected chi connectivity index (χ0v) is 19.5. The molecule has 3 aliphatic rings. The fourth-order valence-electron chi connectivity index (χ4n) is 5.42. The number of hydrogen-bond donors (Lipinski definition) is 2. The van der Waals surface area contributed by atoms with Crippen LogP contribution in [0.2, 0.25) is 0 Å². The van der Waals surface area contributed by atoms with Gasteiger partial charge < -0.3 is 15.0 Å². The van der Waals surface area contributed by atoms with Crippen LogP contribution in [0.1, 0.15) is 55.6 Å². The molecule has 0 spiro atoms. The molecule has 3 aromatic rings. The molecule has 0 radical (unpaired) electrons. The van der Waals surface area contributed by atoms with Gasteiger partial charge in [0.25, 0.3) is 5.56 Å². The topological polar surface area (TPSA) is 87.3 Å². The number of anilines is 2. The molecule has 35 heavy (non-hydrogen) atoms. The molecule has 1 aliphatic carbocycles. The van der Waals surface area contributed by atoms with Gasteiger partial charge in [-0.25, -0.2) is 0 Å². The molecule has 7 heteroatoms. The average molecular weight is 469 g/mol. The summed E-state index contributed by atoms with van der Waals surface area (Å²) in [4.78, 5) is 36.7. The largest absolute Gasteiger partial charge is 0.457 e. The normalized spacial score (nSPS) is 19.6. The molecule has 2 aromatic carbocycles. The first kappa shape index (κ1) is 21.6. The van der Waals surface area contributed by atoms with E-state index in [-0.39, 0.29) is 11.3 Å². The first-order chi connectivity index (χ1) is 17.2. The summed E-state index contributed by atoms with van der Waals surface area (Å²) >= 11 is 0. The first-order valence-electron chi connectivity index (χ1n) is 12.4. The van der Waals surface area contributed by atoms with Gasteiger partial charge in [0, 0.05) is 36.7 Å². The molecule has 1 fully saturated rings. The van der Waals surface area contributed by atoms with Crippen molar-refractivity contribution in [3.63, 3.8) is 0 Å². The molecule has 3 heterocycles. The maximum atomic E-state index is 13.5. The SMILES string of the molecule is O=C1CCCC2=C1C(c1cccc(Oc3ccccc3)c1)c1c(nc(N3CCCCC3)[nH]c1=O)N2. The molecule has 7 nitrogen and oxygen atoms in total. The van der Waals surface area contributed by atoms with Crippen LogP contribution in [0.3, 0.4) is 0 Å². The lowest BCUT2D eigenvalue weighted by atomic mass is 9.76. The number of para-hydroxylation sites is 1. The summed E-state index contributed by atoms with van der Waals surface area (Å²) in [7, 11) is 0. The van der Waals surface area contributed by atoms with Gasteiger partial charge in [0.15, 0.2) is 5.78 Å². The summed E-state index contributed by atoms with van der Waals surface area (Å²) in [6, 6.07) is 17.3. The Morgan fingerprint density at radius 1 is 0.886 bits per heavy atom. The van der Waals surface area contributed by atoms with Crippen LogP contribution in [0, 0.1) is 0 Å². The minimum absolute atomic E-state index is 0.0864. The van der Waals surface area contributed by atoms with Crippen LogP contribution in [-0.2, 0) is 4.79 Å². The van der Waals surface area contributed by atoms with Crippen LogP contribution in [0.5, 0.6) is 11.5 Å². The molecule has 1 saturated heterocycles. The molecular formula is C28H28N4O3. The van der Waals surface area contributed by atoms with E-state index in [1.54, 1.807) is 0 Å². The van der Waals surface area contributed by atoms with Gasteiger partial charge >= 0.3 is 0 Å². The Balaban J connectivity index is 1.45. The van der Waals surface area contributed by atoms with E-state index in [0.29, 0.717) is 35.1 Å². The van der Waals surface area contributed by atoms with E-state index in [2.05, 4.69) is 15.2 Å². The second-order valence-corrected chi connectivity index (χ2v) is 9.41. The molecule has 1 aromatic heterocycles. The van der Waals surface area contributed by atoms with Crippen LogP contribution < -0.4 is 20.5 Å². The van der Waals surface area contributed by atoms with Crippen molar-refractivity contribution >= 4 is 17.5 Å². The number of fused-ring (bicyclic) bond motifs is 1. The van der Waals surface area contributed by atoms with Gasteiger partial charge in [-0.05, 0) is 61.9 Å². The number of nitrogens with one attached hydrogen (secondary N) is 2. The second kappa shape index (κ2) is 9.06. The summed E-state index contributed by atoms with van der Waals surface area (Å²) in [6.07, 6.45) is 5.44. The van der Waals surface area contributed by atoms with Gasteiger partial charge in [-0.3, -0.25) is 14.6 Å². The number of allylic oxidation sites excluding steroid dienone is 2. The number of hydrogen-bond acceptors (Lipinski definition) is 6. The number of piperidine rings is 1. The number of nitrogens with zero attached hydrogens (tertiary/aromatic N) is 2. The summed E-state index contributed by atoms with van der Waals surface area (Å²) in [5, 5.41) is 3.37. The molecule has 2 aliphatic heterocycles. The molecule has 1 atom stereocenters. The third kappa shape index (κ3) is 4.11. The number of ether oxygens (including phenoxy) is 1. The molecule has 0 amide bonds. The maximum Gasteiger partial charge on any atom is 0.258 e. The van der Waals surface area contributed by atoms with Gasteiger partial charge in [-0.1, -0.05) is 30.3 Å². The zero-order valence-electron chi connectivity index (χ0n) is 19.5. The van der Waals surface area contributed by atoms with Crippen LogP contribution in [0.25, 0.3) is 0 Å². The number of aromatic nitrogens is 2. The van der Waals surface area contributed by atoms with E-state index < -0.39 is 5.92 Å². The van der Waals surface area contributed by atoms with Crippen molar-refractivity contribution in [1.29, 1.82) is 0 Å². The molecule has 2 N–H and O–H groups in total. The fraction of sp³-hybridized carbons (Fsp3) is 0.321. The Kier molecular flexibility index (Phi) is 5.60. The van der Waals surface area contributed by atoms with Crippen molar-refractivity contribution in [2.75, 3.05) is 23.3 Å². The third-order valence-corrected chi connectivity index (χ3v) is 7.07. The number of aromatic amines is 1. The summed E-state index contributed by atoms with van der Waals surface area (Å²) in [5.74, 6) is 2.15. The number of H-pyrrole nitrogens is 1. The lowest BCUT2D eigenvalue weighted by Gasteiger charge is -2.34. The highest BCUT2D eigenvalue weighted by atomic mass is 16.5. The van der Waals surface area contributed by atoms with Crippen LogP contribution in [0.4, 0.5) is 11.8 Å². The number of ketones is 1. The second-order valence-electron chi connectivity index (χ2n) is 9.41. The number of carbonyl (C=O) groups excluding carboxylic acids is 1. The maximum absolute atomic E-state index is 13.5. The lowest BCUT2D eigenvalue weighted by molar-refractivity contribution is -0.116. The van der Waals surface area contributed by atoms with E-state index in [0.717, 1.165) is 55.8 Å². The van der Waals surface area contributed by atoms with E-state index >= 15 is 0 Å². The summed E-state index contributed by atoms with van der Waals surface area (Å²) in [6.45, 7) is 1.77. The number of benzene rings is 2. The number of carbonyl (C=O) groups is 1. The van der Waals surface area contributed by atoms with Crippen molar-refractivity contribution in [3.05, 3.63) is 87.3 Å². The molecule has 6 rings (SSSR count). The minimum atomic E-state index is -0.486. The highest BCUT2D eigenvalue weighted by Gasteiger charge is 2.38. The minimum Gasteiger partial charge on any atom is -0.457 e. The molecular weight excluding hydrogens is 440 g/mol. The fourth-order valence-corrected chi connectivity index (χ4v) is 5.42. The highest BCUT2D eigenvalue weighted by molar-refractivity contribution is 6.00. The number of rotatable bonds is 4. The Morgan fingerprint density at radius 3 is 2.51 bits per heavy atom. The molecule has 178 valence electrons. The van der Waals surface area contributed by atoms with E-state index in [1.165, 1.54) is 6.42 Å². The van der Waals surface area contributed by atoms with Gasteiger partial charge in [0.2, 0.25) is 5.95 Å². The predicted octanol–water partition coefficient (Wildman–Crippen LogP) is 5.12.